The number of oxazole rings is 1. The molecule has 1 unspecified atom stereocenters. The number of amides is 1. The number of hydrogen-bond acceptors (Lipinski definition) is 4. The van der Waals surface area contributed by atoms with Crippen molar-refractivity contribution in [2.45, 2.75) is 38.6 Å². The van der Waals surface area contributed by atoms with Crippen molar-refractivity contribution in [1.82, 2.24) is 4.98 Å². The number of nitrogens with one attached hydrogen (secondary N) is 1. The average molecular weight is 337 g/mol. The van der Waals surface area contributed by atoms with Gasteiger partial charge >= 0.3 is 0 Å². The summed E-state index contributed by atoms with van der Waals surface area (Å²) in [5.41, 5.74) is 7.75. The lowest BCUT2D eigenvalue weighted by molar-refractivity contribution is -0.120. The second-order valence-corrected chi connectivity index (χ2v) is 7.47. The first-order valence-corrected chi connectivity index (χ1v) is 8.25. The minimum Gasteiger partial charge on any atom is -0.440 e. The molecular formula is C20H23N3O2. The first-order valence-electron chi connectivity index (χ1n) is 8.25. The third kappa shape index (κ3) is 3.42. The maximum absolute atomic E-state index is 12.7. The van der Waals surface area contributed by atoms with Gasteiger partial charge in [-0.05, 0) is 30.7 Å². The van der Waals surface area contributed by atoms with Gasteiger partial charge in [0.15, 0.2) is 5.58 Å². The number of carbonyl (C=O) groups excluding carboxylic acids is 1. The Bertz CT molecular complexity index is 906. The van der Waals surface area contributed by atoms with Gasteiger partial charge in [-0.3, -0.25) is 4.79 Å². The number of benzene rings is 2. The number of anilines is 1. The predicted molar refractivity (Wildman–Crippen MR) is 99.3 cm³/mol. The maximum Gasteiger partial charge on any atom is 0.248 e. The van der Waals surface area contributed by atoms with Crippen molar-refractivity contribution < 1.29 is 9.21 Å². The van der Waals surface area contributed by atoms with E-state index < -0.39 is 5.54 Å². The van der Waals surface area contributed by atoms with Gasteiger partial charge in [-0.25, -0.2) is 4.98 Å². The van der Waals surface area contributed by atoms with Gasteiger partial charge < -0.3 is 15.5 Å². The topological polar surface area (TPSA) is 81.2 Å². The Labute approximate surface area is 147 Å². The van der Waals surface area contributed by atoms with E-state index in [1.165, 1.54) is 0 Å². The molecule has 0 saturated carbocycles. The molecule has 25 heavy (non-hydrogen) atoms. The zero-order valence-corrected chi connectivity index (χ0v) is 15.0. The highest BCUT2D eigenvalue weighted by atomic mass is 16.3. The molecule has 0 aliphatic rings. The fourth-order valence-electron chi connectivity index (χ4n) is 2.50. The highest BCUT2D eigenvalue weighted by molar-refractivity contribution is 5.99. The van der Waals surface area contributed by atoms with Gasteiger partial charge in [0.05, 0.1) is 0 Å². The Morgan fingerprint density at radius 1 is 1.08 bits per heavy atom. The summed E-state index contributed by atoms with van der Waals surface area (Å²) in [4.78, 5) is 17.2. The van der Waals surface area contributed by atoms with Crippen LogP contribution in [0.5, 0.6) is 0 Å². The van der Waals surface area contributed by atoms with Crippen LogP contribution in [-0.4, -0.2) is 10.9 Å². The van der Waals surface area contributed by atoms with Crippen molar-refractivity contribution in [3.05, 3.63) is 60.0 Å². The standard InChI is InChI=1S/C20H23N3O2/c1-19(2,3)18-23-15-12-14(10-11-16(15)25-18)22-17(24)20(4,21)13-8-6-5-7-9-13/h5-12H,21H2,1-4H3,(H,22,24). The van der Waals surface area contributed by atoms with Gasteiger partial charge in [0, 0.05) is 11.1 Å². The van der Waals surface area contributed by atoms with E-state index in [-0.39, 0.29) is 11.3 Å². The SMILES string of the molecule is CC(C)(C)c1nc2cc(NC(=O)C(C)(N)c3ccccc3)ccc2o1. The second kappa shape index (κ2) is 6.01. The lowest BCUT2D eigenvalue weighted by Gasteiger charge is -2.24. The zero-order chi connectivity index (χ0) is 18.2. The number of hydrogen-bond donors (Lipinski definition) is 2. The molecule has 0 aliphatic heterocycles. The van der Waals surface area contributed by atoms with Gasteiger partial charge in [0.2, 0.25) is 11.8 Å². The number of nitrogens with zero attached hydrogens (tertiary/aromatic N) is 1. The van der Waals surface area contributed by atoms with Crippen LogP contribution < -0.4 is 11.1 Å². The van der Waals surface area contributed by atoms with Crippen LogP contribution in [0, 0.1) is 0 Å². The van der Waals surface area contributed by atoms with E-state index >= 15 is 0 Å². The Morgan fingerprint density at radius 3 is 2.40 bits per heavy atom. The molecule has 5 heteroatoms. The van der Waals surface area contributed by atoms with E-state index in [2.05, 4.69) is 10.3 Å². The molecule has 0 bridgehead atoms. The first kappa shape index (κ1) is 17.2. The predicted octanol–water partition coefficient (Wildman–Crippen LogP) is 3.94. The van der Waals surface area contributed by atoms with Crippen LogP contribution in [-0.2, 0) is 15.7 Å². The zero-order valence-electron chi connectivity index (χ0n) is 15.0. The van der Waals surface area contributed by atoms with Crippen LogP contribution in [0.3, 0.4) is 0 Å². The van der Waals surface area contributed by atoms with E-state index in [9.17, 15) is 4.79 Å². The van der Waals surface area contributed by atoms with Crippen molar-refractivity contribution in [3.8, 4) is 0 Å². The van der Waals surface area contributed by atoms with Crippen molar-refractivity contribution in [1.29, 1.82) is 0 Å². The normalized spacial score (nSPS) is 14.3. The fourth-order valence-corrected chi connectivity index (χ4v) is 2.50. The van der Waals surface area contributed by atoms with Gasteiger partial charge in [0.25, 0.3) is 0 Å². The first-order chi connectivity index (χ1) is 11.7. The molecule has 0 fully saturated rings. The highest BCUT2D eigenvalue weighted by Crippen LogP contribution is 2.28. The Kier molecular flexibility index (Phi) is 4.13. The van der Waals surface area contributed by atoms with Crippen LogP contribution in [0.4, 0.5) is 5.69 Å². The molecule has 0 saturated heterocycles. The van der Waals surface area contributed by atoms with E-state index in [4.69, 9.17) is 10.2 Å². The van der Waals surface area contributed by atoms with Gasteiger partial charge in [-0.1, -0.05) is 51.1 Å². The van der Waals surface area contributed by atoms with Gasteiger partial charge in [-0.2, -0.15) is 0 Å². The molecule has 0 aliphatic carbocycles. The summed E-state index contributed by atoms with van der Waals surface area (Å²) in [6.45, 7) is 7.82. The minimum atomic E-state index is -1.13. The molecular weight excluding hydrogens is 314 g/mol. The molecule has 0 radical (unpaired) electrons. The lowest BCUT2D eigenvalue weighted by Crippen LogP contribution is -2.45. The Balaban J connectivity index is 1.86. The lowest BCUT2D eigenvalue weighted by atomic mass is 9.92. The number of nitrogens with two attached hydrogens (primary N) is 1. The van der Waals surface area contributed by atoms with Crippen LogP contribution in [0.2, 0.25) is 0 Å². The van der Waals surface area contributed by atoms with Crippen LogP contribution in [0.1, 0.15) is 39.1 Å². The van der Waals surface area contributed by atoms with E-state index in [0.717, 1.165) is 5.56 Å². The van der Waals surface area contributed by atoms with Gasteiger partial charge in [0.1, 0.15) is 11.1 Å². The number of rotatable bonds is 3. The summed E-state index contributed by atoms with van der Waals surface area (Å²) < 4.78 is 5.78. The van der Waals surface area contributed by atoms with Crippen molar-refractivity contribution in [2.75, 3.05) is 5.32 Å². The summed E-state index contributed by atoms with van der Waals surface area (Å²) in [5, 5.41) is 2.88. The molecule has 3 aromatic rings. The van der Waals surface area contributed by atoms with E-state index in [0.29, 0.717) is 22.7 Å². The molecule has 1 aromatic heterocycles. The van der Waals surface area contributed by atoms with Crippen molar-refractivity contribution >= 4 is 22.7 Å². The number of fused-ring (bicyclic) bond motifs is 1. The summed E-state index contributed by atoms with van der Waals surface area (Å²) in [6.07, 6.45) is 0. The molecule has 0 spiro atoms. The Morgan fingerprint density at radius 2 is 1.76 bits per heavy atom. The van der Waals surface area contributed by atoms with Crippen molar-refractivity contribution in [3.63, 3.8) is 0 Å². The number of carbonyl (C=O) groups is 1. The largest absolute Gasteiger partial charge is 0.440 e. The molecule has 3 N–H and O–H groups in total. The third-order valence-corrected chi connectivity index (χ3v) is 4.13. The molecule has 1 amide bonds. The smallest absolute Gasteiger partial charge is 0.248 e. The Hall–Kier alpha value is -2.66. The summed E-state index contributed by atoms with van der Waals surface area (Å²) in [6, 6.07) is 14.7. The molecule has 5 nitrogen and oxygen atoms in total. The summed E-state index contributed by atoms with van der Waals surface area (Å²) in [5.74, 6) is 0.386. The fraction of sp³-hybridized carbons (Fsp3) is 0.300. The molecule has 1 atom stereocenters. The highest BCUT2D eigenvalue weighted by Gasteiger charge is 2.30. The molecule has 130 valence electrons. The van der Waals surface area contributed by atoms with E-state index in [1.807, 2.05) is 57.2 Å². The van der Waals surface area contributed by atoms with Crippen molar-refractivity contribution in [2.24, 2.45) is 5.73 Å². The minimum absolute atomic E-state index is 0.175. The second-order valence-electron chi connectivity index (χ2n) is 7.47. The van der Waals surface area contributed by atoms with Crippen LogP contribution in [0.25, 0.3) is 11.1 Å². The average Bonchev–Trinajstić information content (AvgIpc) is 2.99. The maximum atomic E-state index is 12.7. The summed E-state index contributed by atoms with van der Waals surface area (Å²) >= 11 is 0. The molecule has 1 heterocycles. The molecule has 3 rings (SSSR count). The third-order valence-electron chi connectivity index (χ3n) is 4.13. The number of aromatic nitrogens is 1. The van der Waals surface area contributed by atoms with Gasteiger partial charge in [-0.15, -0.1) is 0 Å². The van der Waals surface area contributed by atoms with E-state index in [1.54, 1.807) is 19.1 Å². The monoisotopic (exact) mass is 337 g/mol. The quantitative estimate of drug-likeness (QED) is 0.758. The summed E-state index contributed by atoms with van der Waals surface area (Å²) in [7, 11) is 0. The van der Waals surface area contributed by atoms with Crippen LogP contribution >= 0.6 is 0 Å². The molecule has 2 aromatic carbocycles. The van der Waals surface area contributed by atoms with Crippen LogP contribution in [0.15, 0.2) is 52.9 Å².